The predicted molar refractivity (Wildman–Crippen MR) is 124 cm³/mol. The molecule has 31 heavy (non-hydrogen) atoms. The third kappa shape index (κ3) is 5.61. The summed E-state index contributed by atoms with van der Waals surface area (Å²) >= 11 is 13.7. The largest absolute Gasteiger partial charge is 0.361 e. The van der Waals surface area contributed by atoms with Crippen molar-refractivity contribution in [2.24, 2.45) is 0 Å². The van der Waals surface area contributed by atoms with E-state index in [1.54, 1.807) is 37.4 Å². The molecule has 0 aliphatic heterocycles. The van der Waals surface area contributed by atoms with Gasteiger partial charge in [-0.3, -0.25) is 9.59 Å². The Morgan fingerprint density at radius 1 is 1.10 bits per heavy atom. The minimum absolute atomic E-state index is 0.150. The highest BCUT2D eigenvalue weighted by atomic mass is 35.5. The van der Waals surface area contributed by atoms with Gasteiger partial charge in [-0.2, -0.15) is 0 Å². The number of anilines is 1. The standard InChI is InChI=1S/C22H21Cl2N3O3S/c1-13-16(14(2)30-26-13)12-31-19-10-5-4-7-15(19)22(29)27(3)11-20(28)25-21-17(23)8-6-9-18(21)24/h4-10H,11-12H2,1-3H3,(H,25,28). The molecule has 0 saturated heterocycles. The lowest BCUT2D eigenvalue weighted by Gasteiger charge is -2.19. The lowest BCUT2D eigenvalue weighted by molar-refractivity contribution is -0.116. The van der Waals surface area contributed by atoms with Crippen LogP contribution in [-0.2, 0) is 10.5 Å². The zero-order chi connectivity index (χ0) is 22.5. The average Bonchev–Trinajstić information content (AvgIpc) is 3.06. The van der Waals surface area contributed by atoms with Crippen LogP contribution in [0, 0.1) is 13.8 Å². The van der Waals surface area contributed by atoms with E-state index in [4.69, 9.17) is 27.7 Å². The molecule has 1 aromatic heterocycles. The van der Waals surface area contributed by atoms with Crippen LogP contribution in [-0.4, -0.2) is 35.5 Å². The molecule has 0 atom stereocenters. The summed E-state index contributed by atoms with van der Waals surface area (Å²) in [4.78, 5) is 27.7. The highest BCUT2D eigenvalue weighted by Gasteiger charge is 2.20. The normalized spacial score (nSPS) is 10.7. The van der Waals surface area contributed by atoms with Crippen molar-refractivity contribution in [2.75, 3.05) is 18.9 Å². The van der Waals surface area contributed by atoms with Gasteiger partial charge in [0.1, 0.15) is 5.76 Å². The first-order valence-corrected chi connectivity index (χ1v) is 11.1. The number of thioether (sulfide) groups is 1. The van der Waals surface area contributed by atoms with Gasteiger partial charge in [-0.25, -0.2) is 0 Å². The Balaban J connectivity index is 1.68. The molecule has 2 aromatic carbocycles. The number of rotatable bonds is 7. The van der Waals surface area contributed by atoms with Gasteiger partial charge in [-0.05, 0) is 38.1 Å². The van der Waals surface area contributed by atoms with E-state index in [0.717, 1.165) is 21.9 Å². The molecule has 0 saturated carbocycles. The van der Waals surface area contributed by atoms with Gasteiger partial charge in [0.25, 0.3) is 5.91 Å². The molecule has 0 aliphatic rings. The van der Waals surface area contributed by atoms with Crippen molar-refractivity contribution >= 4 is 52.5 Å². The zero-order valence-corrected chi connectivity index (χ0v) is 19.6. The van der Waals surface area contributed by atoms with E-state index in [9.17, 15) is 9.59 Å². The molecule has 3 rings (SSSR count). The van der Waals surface area contributed by atoms with Crippen LogP contribution in [0.3, 0.4) is 0 Å². The zero-order valence-electron chi connectivity index (χ0n) is 17.2. The topological polar surface area (TPSA) is 75.4 Å². The molecule has 162 valence electrons. The maximum absolute atomic E-state index is 13.0. The smallest absolute Gasteiger partial charge is 0.255 e. The van der Waals surface area contributed by atoms with E-state index in [-0.39, 0.29) is 12.5 Å². The minimum atomic E-state index is -0.397. The van der Waals surface area contributed by atoms with Gasteiger partial charge in [-0.1, -0.05) is 46.6 Å². The van der Waals surface area contributed by atoms with Crippen molar-refractivity contribution in [3.8, 4) is 0 Å². The number of para-hydroxylation sites is 1. The van der Waals surface area contributed by atoms with E-state index >= 15 is 0 Å². The summed E-state index contributed by atoms with van der Waals surface area (Å²) in [6, 6.07) is 12.2. The Morgan fingerprint density at radius 2 is 1.77 bits per heavy atom. The Kier molecular flexibility index (Phi) is 7.64. The summed E-state index contributed by atoms with van der Waals surface area (Å²) < 4.78 is 5.21. The summed E-state index contributed by atoms with van der Waals surface area (Å²) in [7, 11) is 1.58. The molecular weight excluding hydrogens is 457 g/mol. The van der Waals surface area contributed by atoms with Crippen molar-refractivity contribution < 1.29 is 14.1 Å². The second-order valence-corrected chi connectivity index (χ2v) is 8.73. The number of amides is 2. The maximum Gasteiger partial charge on any atom is 0.255 e. The second-order valence-electron chi connectivity index (χ2n) is 6.89. The number of hydrogen-bond acceptors (Lipinski definition) is 5. The van der Waals surface area contributed by atoms with E-state index in [1.165, 1.54) is 16.7 Å². The second kappa shape index (κ2) is 10.2. The van der Waals surface area contributed by atoms with Crippen molar-refractivity contribution in [1.29, 1.82) is 0 Å². The first-order valence-electron chi connectivity index (χ1n) is 9.40. The Labute approximate surface area is 194 Å². The molecule has 3 aromatic rings. The van der Waals surface area contributed by atoms with Crippen LogP contribution in [0.4, 0.5) is 5.69 Å². The first kappa shape index (κ1) is 23.2. The monoisotopic (exact) mass is 477 g/mol. The molecule has 0 fully saturated rings. The molecule has 1 N–H and O–H groups in total. The van der Waals surface area contributed by atoms with Crippen LogP contribution in [0.25, 0.3) is 0 Å². The van der Waals surface area contributed by atoms with Crippen LogP contribution in [0.15, 0.2) is 51.9 Å². The molecule has 0 bridgehead atoms. The quantitative estimate of drug-likeness (QED) is 0.448. The van der Waals surface area contributed by atoms with Gasteiger partial charge >= 0.3 is 0 Å². The van der Waals surface area contributed by atoms with E-state index in [0.29, 0.717) is 27.0 Å². The molecule has 2 amide bonds. The maximum atomic E-state index is 13.0. The number of hydrogen-bond donors (Lipinski definition) is 1. The number of nitrogens with one attached hydrogen (secondary N) is 1. The van der Waals surface area contributed by atoms with Crippen LogP contribution >= 0.6 is 35.0 Å². The van der Waals surface area contributed by atoms with Gasteiger partial charge < -0.3 is 14.7 Å². The molecule has 0 unspecified atom stereocenters. The molecular formula is C22H21Cl2N3O3S. The third-order valence-electron chi connectivity index (χ3n) is 4.63. The van der Waals surface area contributed by atoms with Crippen LogP contribution < -0.4 is 5.32 Å². The van der Waals surface area contributed by atoms with Gasteiger partial charge in [0.2, 0.25) is 5.91 Å². The number of nitrogens with zero attached hydrogens (tertiary/aromatic N) is 2. The Bertz CT molecular complexity index is 1080. The van der Waals surface area contributed by atoms with Crippen LogP contribution in [0.1, 0.15) is 27.4 Å². The van der Waals surface area contributed by atoms with Crippen LogP contribution in [0.5, 0.6) is 0 Å². The van der Waals surface area contributed by atoms with E-state index in [2.05, 4.69) is 10.5 Å². The number of aryl methyl sites for hydroxylation is 2. The SMILES string of the molecule is Cc1noc(C)c1CSc1ccccc1C(=O)N(C)CC(=O)Nc1c(Cl)cccc1Cl. The average molecular weight is 478 g/mol. The Hall–Kier alpha value is -2.48. The highest BCUT2D eigenvalue weighted by molar-refractivity contribution is 7.98. The number of carbonyl (C=O) groups is 2. The Morgan fingerprint density at radius 3 is 2.42 bits per heavy atom. The minimum Gasteiger partial charge on any atom is -0.361 e. The number of aromatic nitrogens is 1. The van der Waals surface area contributed by atoms with Gasteiger partial charge in [0, 0.05) is 23.3 Å². The van der Waals surface area contributed by atoms with Crippen molar-refractivity contribution in [1.82, 2.24) is 10.1 Å². The van der Waals surface area contributed by atoms with Crippen LogP contribution in [0.2, 0.25) is 10.0 Å². The number of halogens is 2. The lowest BCUT2D eigenvalue weighted by Crippen LogP contribution is -2.35. The number of benzene rings is 2. The summed E-state index contributed by atoms with van der Waals surface area (Å²) in [5, 5.41) is 7.29. The third-order valence-corrected chi connectivity index (χ3v) is 6.36. The molecule has 1 heterocycles. The molecule has 0 radical (unpaired) electrons. The summed E-state index contributed by atoms with van der Waals surface area (Å²) in [6.07, 6.45) is 0. The fraction of sp³-hybridized carbons (Fsp3) is 0.227. The van der Waals surface area contributed by atoms with Gasteiger partial charge in [-0.15, -0.1) is 11.8 Å². The van der Waals surface area contributed by atoms with Gasteiger partial charge in [0.05, 0.1) is 33.5 Å². The number of carbonyl (C=O) groups excluding carboxylic acids is 2. The van der Waals surface area contributed by atoms with Crippen molar-refractivity contribution in [3.63, 3.8) is 0 Å². The fourth-order valence-corrected chi connectivity index (χ4v) is 4.61. The van der Waals surface area contributed by atoms with E-state index < -0.39 is 5.91 Å². The summed E-state index contributed by atoms with van der Waals surface area (Å²) in [5.41, 5.74) is 2.69. The van der Waals surface area contributed by atoms with Crippen molar-refractivity contribution in [3.05, 3.63) is 75.1 Å². The number of likely N-dealkylation sites (N-methyl/N-ethyl adjacent to an activating group) is 1. The highest BCUT2D eigenvalue weighted by Crippen LogP contribution is 2.31. The molecule has 0 aliphatic carbocycles. The predicted octanol–water partition coefficient (Wildman–Crippen LogP) is 5.60. The van der Waals surface area contributed by atoms with E-state index in [1.807, 2.05) is 26.0 Å². The van der Waals surface area contributed by atoms with Gasteiger partial charge in [0.15, 0.2) is 0 Å². The summed E-state index contributed by atoms with van der Waals surface area (Å²) in [6.45, 7) is 3.61. The first-order chi connectivity index (χ1) is 14.8. The fourth-order valence-electron chi connectivity index (χ4n) is 2.92. The molecule has 6 nitrogen and oxygen atoms in total. The lowest BCUT2D eigenvalue weighted by atomic mass is 10.2. The summed E-state index contributed by atoms with van der Waals surface area (Å²) in [5.74, 6) is 0.732. The van der Waals surface area contributed by atoms with Crippen molar-refractivity contribution in [2.45, 2.75) is 24.5 Å². The molecule has 9 heteroatoms. The molecule has 0 spiro atoms.